The van der Waals surface area contributed by atoms with Gasteiger partial charge in [0.1, 0.15) is 5.60 Å². The summed E-state index contributed by atoms with van der Waals surface area (Å²) in [6.07, 6.45) is 3.33. The third-order valence-electron chi connectivity index (χ3n) is 4.10. The highest BCUT2D eigenvalue weighted by Gasteiger charge is 2.26. The molecule has 128 valence electrons. The Morgan fingerprint density at radius 1 is 1.12 bits per heavy atom. The van der Waals surface area contributed by atoms with Gasteiger partial charge in [-0.2, -0.15) is 0 Å². The molecule has 6 nitrogen and oxygen atoms in total. The highest BCUT2D eigenvalue weighted by Crippen LogP contribution is 2.31. The van der Waals surface area contributed by atoms with Gasteiger partial charge in [0.15, 0.2) is 0 Å². The van der Waals surface area contributed by atoms with Gasteiger partial charge in [0, 0.05) is 60.7 Å². The molecule has 0 aliphatic carbocycles. The van der Waals surface area contributed by atoms with E-state index in [2.05, 4.69) is 9.88 Å². The van der Waals surface area contributed by atoms with Gasteiger partial charge < -0.3 is 20.3 Å². The molecule has 2 heterocycles. The molecule has 1 aliphatic rings. The van der Waals surface area contributed by atoms with Crippen molar-refractivity contribution in [2.45, 2.75) is 26.4 Å². The Bertz CT molecular complexity index is 746. The summed E-state index contributed by atoms with van der Waals surface area (Å²) in [4.78, 5) is 20.4. The Hall–Kier alpha value is -2.50. The van der Waals surface area contributed by atoms with Crippen molar-refractivity contribution in [3.8, 4) is 0 Å². The number of amides is 1. The van der Waals surface area contributed by atoms with Gasteiger partial charge in [-0.15, -0.1) is 0 Å². The fourth-order valence-electron chi connectivity index (χ4n) is 2.93. The summed E-state index contributed by atoms with van der Waals surface area (Å²) in [5.41, 5.74) is 7.44. The molecular weight excluding hydrogens is 304 g/mol. The fourth-order valence-corrected chi connectivity index (χ4v) is 2.93. The monoisotopic (exact) mass is 328 g/mol. The number of benzene rings is 1. The predicted molar refractivity (Wildman–Crippen MR) is 96.2 cm³/mol. The molecule has 0 radical (unpaired) electrons. The number of nitrogen functional groups attached to an aromatic ring is 1. The molecule has 6 heteroatoms. The van der Waals surface area contributed by atoms with Crippen LogP contribution in [0.15, 0.2) is 30.6 Å². The summed E-state index contributed by atoms with van der Waals surface area (Å²) in [5, 5.41) is 2.06. The second-order valence-electron chi connectivity index (χ2n) is 7.05. The average Bonchev–Trinajstić information content (AvgIpc) is 2.54. The molecule has 0 spiro atoms. The normalized spacial score (nSPS) is 15.6. The van der Waals surface area contributed by atoms with E-state index in [1.54, 1.807) is 17.3 Å². The number of pyridine rings is 1. The van der Waals surface area contributed by atoms with Crippen molar-refractivity contribution in [2.24, 2.45) is 0 Å². The largest absolute Gasteiger partial charge is 0.444 e. The zero-order valence-corrected chi connectivity index (χ0v) is 14.5. The van der Waals surface area contributed by atoms with Crippen molar-refractivity contribution in [3.05, 3.63) is 30.6 Å². The lowest BCUT2D eigenvalue weighted by molar-refractivity contribution is 0.0241. The number of nitrogens with two attached hydrogens (primary N) is 1. The van der Waals surface area contributed by atoms with Crippen molar-refractivity contribution >= 4 is 28.2 Å². The number of hydrogen-bond donors (Lipinski definition) is 1. The molecular formula is C18H24N4O2. The first-order valence-corrected chi connectivity index (χ1v) is 8.20. The molecule has 0 saturated carbocycles. The van der Waals surface area contributed by atoms with E-state index in [1.807, 2.05) is 39.0 Å². The van der Waals surface area contributed by atoms with Crippen molar-refractivity contribution in [2.75, 3.05) is 36.8 Å². The molecule has 24 heavy (non-hydrogen) atoms. The van der Waals surface area contributed by atoms with Crippen LogP contribution in [0.25, 0.3) is 10.8 Å². The van der Waals surface area contributed by atoms with Crippen LogP contribution >= 0.6 is 0 Å². The average molecular weight is 328 g/mol. The number of carbonyl (C=O) groups is 1. The van der Waals surface area contributed by atoms with Crippen molar-refractivity contribution in [1.29, 1.82) is 0 Å². The van der Waals surface area contributed by atoms with Crippen molar-refractivity contribution in [3.63, 3.8) is 0 Å². The van der Waals surface area contributed by atoms with Gasteiger partial charge >= 0.3 is 6.09 Å². The minimum absolute atomic E-state index is 0.242. The number of nitrogens with zero attached hydrogens (tertiary/aromatic N) is 3. The number of carbonyl (C=O) groups excluding carboxylic acids is 1. The first kappa shape index (κ1) is 16.4. The lowest BCUT2D eigenvalue weighted by Gasteiger charge is -2.37. The number of ether oxygens (including phenoxy) is 1. The van der Waals surface area contributed by atoms with Crippen molar-refractivity contribution in [1.82, 2.24) is 9.88 Å². The second kappa shape index (κ2) is 6.19. The van der Waals surface area contributed by atoms with Crippen LogP contribution in [-0.4, -0.2) is 47.8 Å². The van der Waals surface area contributed by atoms with Crippen LogP contribution in [0.5, 0.6) is 0 Å². The topological polar surface area (TPSA) is 71.7 Å². The van der Waals surface area contributed by atoms with Crippen molar-refractivity contribution < 1.29 is 9.53 Å². The molecule has 1 aliphatic heterocycles. The molecule has 1 fully saturated rings. The van der Waals surface area contributed by atoms with Crippen LogP contribution in [0.4, 0.5) is 16.2 Å². The fraction of sp³-hybridized carbons (Fsp3) is 0.444. The van der Waals surface area contributed by atoms with E-state index in [0.29, 0.717) is 13.1 Å². The van der Waals surface area contributed by atoms with Gasteiger partial charge in [-0.1, -0.05) is 0 Å². The van der Waals surface area contributed by atoms with Crippen LogP contribution in [0.2, 0.25) is 0 Å². The molecule has 2 aromatic rings. The molecule has 3 rings (SSSR count). The number of hydrogen-bond acceptors (Lipinski definition) is 5. The Labute approximate surface area is 142 Å². The lowest BCUT2D eigenvalue weighted by atomic mass is 10.1. The number of rotatable bonds is 1. The van der Waals surface area contributed by atoms with Crippen LogP contribution in [-0.2, 0) is 4.74 Å². The Balaban J connectivity index is 1.74. The third kappa shape index (κ3) is 3.37. The molecule has 1 amide bonds. The van der Waals surface area contributed by atoms with Gasteiger partial charge in [-0.05, 0) is 39.0 Å². The molecule has 1 aromatic carbocycles. The number of aromatic nitrogens is 1. The lowest BCUT2D eigenvalue weighted by Crippen LogP contribution is -2.50. The quantitative estimate of drug-likeness (QED) is 0.815. The molecule has 1 saturated heterocycles. The molecule has 1 aromatic heterocycles. The van der Waals surface area contributed by atoms with Crippen LogP contribution < -0.4 is 10.6 Å². The van der Waals surface area contributed by atoms with E-state index in [9.17, 15) is 4.79 Å². The Morgan fingerprint density at radius 3 is 2.50 bits per heavy atom. The second-order valence-corrected chi connectivity index (χ2v) is 7.05. The van der Waals surface area contributed by atoms with Crippen LogP contribution in [0.1, 0.15) is 20.8 Å². The molecule has 2 N–H and O–H groups in total. The van der Waals surface area contributed by atoms with E-state index >= 15 is 0 Å². The van der Waals surface area contributed by atoms with E-state index in [-0.39, 0.29) is 6.09 Å². The number of fused-ring (bicyclic) bond motifs is 1. The smallest absolute Gasteiger partial charge is 0.410 e. The summed E-state index contributed by atoms with van der Waals surface area (Å²) in [5.74, 6) is 0. The van der Waals surface area contributed by atoms with E-state index in [4.69, 9.17) is 10.5 Å². The number of anilines is 2. The Morgan fingerprint density at radius 2 is 1.83 bits per heavy atom. The van der Waals surface area contributed by atoms with Gasteiger partial charge in [0.2, 0.25) is 0 Å². The van der Waals surface area contributed by atoms with Gasteiger partial charge in [0.05, 0.1) is 0 Å². The standard InChI is InChI=1S/C18H24N4O2/c1-18(2,3)24-17(23)22-10-8-21(9-11-22)16-5-4-15(19)14-12-20-7-6-13(14)16/h4-7,12H,8-11,19H2,1-3H3. The maximum atomic E-state index is 12.2. The van der Waals surface area contributed by atoms with Gasteiger partial charge in [0.25, 0.3) is 0 Å². The summed E-state index contributed by atoms with van der Waals surface area (Å²) in [6.45, 7) is 8.47. The zero-order chi connectivity index (χ0) is 17.3. The van der Waals surface area contributed by atoms with Crippen LogP contribution in [0, 0.1) is 0 Å². The van der Waals surface area contributed by atoms with Gasteiger partial charge in [-0.25, -0.2) is 4.79 Å². The zero-order valence-electron chi connectivity index (χ0n) is 14.5. The minimum Gasteiger partial charge on any atom is -0.444 e. The SMILES string of the molecule is CC(C)(C)OC(=O)N1CCN(c2ccc(N)c3cnccc23)CC1. The van der Waals surface area contributed by atoms with Gasteiger partial charge in [-0.3, -0.25) is 4.98 Å². The summed E-state index contributed by atoms with van der Waals surface area (Å²) in [6, 6.07) is 5.95. The molecule has 0 unspecified atom stereocenters. The van der Waals surface area contributed by atoms with Crippen LogP contribution in [0.3, 0.4) is 0 Å². The number of piperazine rings is 1. The molecule has 0 atom stereocenters. The Kier molecular flexibility index (Phi) is 4.22. The summed E-state index contributed by atoms with van der Waals surface area (Å²) >= 11 is 0. The minimum atomic E-state index is -0.464. The molecule has 0 bridgehead atoms. The summed E-state index contributed by atoms with van der Waals surface area (Å²) < 4.78 is 5.45. The third-order valence-corrected chi connectivity index (χ3v) is 4.10. The first-order valence-electron chi connectivity index (χ1n) is 8.20. The highest BCUT2D eigenvalue weighted by atomic mass is 16.6. The summed E-state index contributed by atoms with van der Waals surface area (Å²) in [7, 11) is 0. The van der Waals surface area contributed by atoms with E-state index in [0.717, 1.165) is 35.2 Å². The predicted octanol–water partition coefficient (Wildman–Crippen LogP) is 2.87. The maximum absolute atomic E-state index is 12.2. The maximum Gasteiger partial charge on any atom is 0.410 e. The first-order chi connectivity index (χ1) is 11.3. The van der Waals surface area contributed by atoms with E-state index < -0.39 is 5.60 Å². The van der Waals surface area contributed by atoms with E-state index in [1.165, 1.54) is 0 Å². The highest BCUT2D eigenvalue weighted by molar-refractivity contribution is 6.00.